The summed E-state index contributed by atoms with van der Waals surface area (Å²) in [5.74, 6) is 0.818. The Bertz CT molecular complexity index is 1270. The van der Waals surface area contributed by atoms with Crippen LogP contribution >= 0.6 is 11.3 Å². The van der Waals surface area contributed by atoms with Crippen molar-refractivity contribution in [1.82, 2.24) is 29.8 Å². The van der Waals surface area contributed by atoms with Gasteiger partial charge in [0.05, 0.1) is 15.4 Å². The number of aryl methyl sites for hydroxylation is 1. The van der Waals surface area contributed by atoms with E-state index in [0.29, 0.717) is 6.42 Å². The van der Waals surface area contributed by atoms with Gasteiger partial charge in [0, 0.05) is 24.2 Å². The summed E-state index contributed by atoms with van der Waals surface area (Å²) < 4.78 is 1.84. The minimum Gasteiger partial charge on any atom is -0.256 e. The lowest BCUT2D eigenvalue weighted by Crippen LogP contribution is -2.01. The molecule has 4 aromatic heterocycles. The van der Waals surface area contributed by atoms with Crippen molar-refractivity contribution < 1.29 is 0 Å². The van der Waals surface area contributed by atoms with E-state index in [1.807, 2.05) is 41.2 Å². The molecule has 0 saturated carbocycles. The van der Waals surface area contributed by atoms with Crippen LogP contribution in [0.3, 0.4) is 0 Å². The van der Waals surface area contributed by atoms with E-state index in [4.69, 9.17) is 5.10 Å². The van der Waals surface area contributed by atoms with Gasteiger partial charge < -0.3 is 0 Å². The highest BCUT2D eigenvalue weighted by molar-refractivity contribution is 7.15. The minimum absolute atomic E-state index is 0.659. The molecular weight excluding hydrogens is 368 g/mol. The van der Waals surface area contributed by atoms with Gasteiger partial charge in [0.2, 0.25) is 0 Å². The highest BCUT2D eigenvalue weighted by atomic mass is 32.1. The number of hydrogen-bond acceptors (Lipinski definition) is 6. The predicted octanol–water partition coefficient (Wildman–Crippen LogP) is 4.34. The van der Waals surface area contributed by atoms with E-state index in [2.05, 4.69) is 45.3 Å². The topological polar surface area (TPSA) is 68.9 Å². The SMILES string of the molecule is CCCc1ncc(-c2ccc3nnc(Cc4ccc5ncccc5c4)n3n2)s1. The van der Waals surface area contributed by atoms with Gasteiger partial charge in [-0.25, -0.2) is 4.98 Å². The summed E-state index contributed by atoms with van der Waals surface area (Å²) in [6, 6.07) is 14.2. The van der Waals surface area contributed by atoms with Crippen molar-refractivity contribution >= 4 is 27.9 Å². The van der Waals surface area contributed by atoms with Gasteiger partial charge in [-0.1, -0.05) is 19.1 Å². The Morgan fingerprint density at radius 3 is 2.93 bits per heavy atom. The molecule has 0 unspecified atom stereocenters. The molecule has 138 valence electrons. The number of pyridine rings is 1. The van der Waals surface area contributed by atoms with E-state index < -0.39 is 0 Å². The van der Waals surface area contributed by atoms with Gasteiger partial charge in [0.1, 0.15) is 5.69 Å². The molecule has 5 aromatic rings. The number of hydrogen-bond donors (Lipinski definition) is 0. The fourth-order valence-electron chi connectivity index (χ4n) is 3.25. The number of benzene rings is 1. The molecule has 0 N–H and O–H groups in total. The Kier molecular flexibility index (Phi) is 4.29. The van der Waals surface area contributed by atoms with Gasteiger partial charge in [0.15, 0.2) is 11.5 Å². The normalized spacial score (nSPS) is 11.5. The zero-order chi connectivity index (χ0) is 18.9. The first kappa shape index (κ1) is 16.9. The summed E-state index contributed by atoms with van der Waals surface area (Å²) in [5, 5.41) is 15.7. The fraction of sp³-hybridized carbons (Fsp3) is 0.190. The van der Waals surface area contributed by atoms with Gasteiger partial charge in [-0.15, -0.1) is 21.5 Å². The molecule has 4 heterocycles. The molecule has 0 spiro atoms. The second kappa shape index (κ2) is 7.09. The van der Waals surface area contributed by atoms with Gasteiger partial charge in [-0.05, 0) is 48.7 Å². The number of aromatic nitrogens is 6. The molecule has 0 aliphatic heterocycles. The van der Waals surface area contributed by atoms with E-state index in [0.717, 1.165) is 56.4 Å². The van der Waals surface area contributed by atoms with Crippen LogP contribution < -0.4 is 0 Å². The fourth-order valence-corrected chi connectivity index (χ4v) is 4.23. The average molecular weight is 386 g/mol. The van der Waals surface area contributed by atoms with Crippen LogP contribution in [0.2, 0.25) is 0 Å². The largest absolute Gasteiger partial charge is 0.256 e. The van der Waals surface area contributed by atoms with Gasteiger partial charge in [-0.3, -0.25) is 4.98 Å². The number of fused-ring (bicyclic) bond motifs is 2. The molecule has 7 heteroatoms. The lowest BCUT2D eigenvalue weighted by atomic mass is 10.1. The molecule has 5 rings (SSSR count). The number of thiazole rings is 1. The first-order valence-electron chi connectivity index (χ1n) is 9.30. The Hall–Kier alpha value is -3.19. The summed E-state index contributed by atoms with van der Waals surface area (Å²) in [4.78, 5) is 9.95. The first-order valence-corrected chi connectivity index (χ1v) is 10.1. The Balaban J connectivity index is 1.50. The van der Waals surface area contributed by atoms with Crippen LogP contribution in [0.4, 0.5) is 0 Å². The molecule has 0 amide bonds. The zero-order valence-corrected chi connectivity index (χ0v) is 16.2. The maximum atomic E-state index is 4.79. The van der Waals surface area contributed by atoms with E-state index in [-0.39, 0.29) is 0 Å². The maximum absolute atomic E-state index is 4.79. The van der Waals surface area contributed by atoms with Crippen molar-refractivity contribution in [3.05, 3.63) is 71.3 Å². The van der Waals surface area contributed by atoms with Crippen LogP contribution in [0.5, 0.6) is 0 Å². The van der Waals surface area contributed by atoms with Crippen molar-refractivity contribution in [2.75, 3.05) is 0 Å². The second-order valence-corrected chi connectivity index (χ2v) is 7.80. The van der Waals surface area contributed by atoms with Crippen LogP contribution in [0.1, 0.15) is 29.7 Å². The van der Waals surface area contributed by atoms with Crippen molar-refractivity contribution in [3.63, 3.8) is 0 Å². The molecular formula is C21H18N6S. The third-order valence-corrected chi connectivity index (χ3v) is 5.71. The standard InChI is InChI=1S/C21H18N6S/c1-2-4-21-23-13-18(28-21)17-8-9-19-24-25-20(27(19)26-17)12-14-6-7-16-15(11-14)5-3-10-22-16/h3,5-11,13H,2,4,12H2,1H3. The number of nitrogens with zero attached hydrogens (tertiary/aromatic N) is 6. The van der Waals surface area contributed by atoms with Crippen molar-refractivity contribution in [3.8, 4) is 10.6 Å². The van der Waals surface area contributed by atoms with Gasteiger partial charge in [-0.2, -0.15) is 9.61 Å². The van der Waals surface area contributed by atoms with Crippen LogP contribution in [0, 0.1) is 0 Å². The molecule has 6 nitrogen and oxygen atoms in total. The van der Waals surface area contributed by atoms with E-state index in [1.165, 1.54) is 0 Å². The lowest BCUT2D eigenvalue weighted by Gasteiger charge is -2.03. The first-order chi connectivity index (χ1) is 13.8. The zero-order valence-electron chi connectivity index (χ0n) is 15.4. The molecule has 0 aliphatic carbocycles. The highest BCUT2D eigenvalue weighted by Crippen LogP contribution is 2.25. The molecule has 0 bridgehead atoms. The third-order valence-electron chi connectivity index (χ3n) is 4.63. The van der Waals surface area contributed by atoms with Gasteiger partial charge >= 0.3 is 0 Å². The van der Waals surface area contributed by atoms with E-state index in [1.54, 1.807) is 11.3 Å². The monoisotopic (exact) mass is 386 g/mol. The van der Waals surface area contributed by atoms with E-state index in [9.17, 15) is 0 Å². The molecule has 0 aliphatic rings. The van der Waals surface area contributed by atoms with Crippen LogP contribution in [-0.4, -0.2) is 29.8 Å². The smallest absolute Gasteiger partial charge is 0.177 e. The minimum atomic E-state index is 0.659. The summed E-state index contributed by atoms with van der Waals surface area (Å²) in [6.45, 7) is 2.16. The lowest BCUT2D eigenvalue weighted by molar-refractivity contribution is 0.843. The molecule has 0 fully saturated rings. The van der Waals surface area contributed by atoms with E-state index >= 15 is 0 Å². The van der Waals surface area contributed by atoms with Crippen molar-refractivity contribution in [1.29, 1.82) is 0 Å². The molecule has 0 atom stereocenters. The maximum Gasteiger partial charge on any atom is 0.177 e. The molecule has 28 heavy (non-hydrogen) atoms. The Morgan fingerprint density at radius 2 is 2.00 bits per heavy atom. The molecule has 0 saturated heterocycles. The number of rotatable bonds is 5. The summed E-state index contributed by atoms with van der Waals surface area (Å²) in [7, 11) is 0. The quantitative estimate of drug-likeness (QED) is 0.449. The highest BCUT2D eigenvalue weighted by Gasteiger charge is 2.12. The van der Waals surface area contributed by atoms with Crippen molar-refractivity contribution in [2.45, 2.75) is 26.2 Å². The summed E-state index contributed by atoms with van der Waals surface area (Å²) in [6.07, 6.45) is 6.47. The molecule has 0 radical (unpaired) electrons. The average Bonchev–Trinajstić information content (AvgIpc) is 3.35. The van der Waals surface area contributed by atoms with Crippen molar-refractivity contribution in [2.24, 2.45) is 0 Å². The van der Waals surface area contributed by atoms with Crippen LogP contribution in [-0.2, 0) is 12.8 Å². The summed E-state index contributed by atoms with van der Waals surface area (Å²) in [5.41, 5.74) is 3.80. The summed E-state index contributed by atoms with van der Waals surface area (Å²) >= 11 is 1.70. The Labute approximate surface area is 165 Å². The Morgan fingerprint density at radius 1 is 1.04 bits per heavy atom. The van der Waals surface area contributed by atoms with Crippen LogP contribution in [0.15, 0.2) is 54.9 Å². The predicted molar refractivity (Wildman–Crippen MR) is 110 cm³/mol. The third kappa shape index (κ3) is 3.14. The van der Waals surface area contributed by atoms with Gasteiger partial charge in [0.25, 0.3) is 0 Å². The molecule has 1 aromatic carbocycles. The second-order valence-electron chi connectivity index (χ2n) is 6.68. The van der Waals surface area contributed by atoms with Crippen LogP contribution in [0.25, 0.3) is 27.1 Å².